The van der Waals surface area contributed by atoms with Gasteiger partial charge in [-0.25, -0.2) is 0 Å². The molecule has 0 radical (unpaired) electrons. The van der Waals surface area contributed by atoms with Crippen molar-refractivity contribution >= 4 is 21.5 Å². The Morgan fingerprint density at radius 1 is 0.326 bits per heavy atom. The molecule has 0 bridgehead atoms. The fourth-order valence-electron chi connectivity index (χ4n) is 7.82. The first kappa shape index (κ1) is 26.5. The van der Waals surface area contributed by atoms with Crippen LogP contribution in [0.4, 0.5) is 0 Å². The van der Waals surface area contributed by atoms with Crippen LogP contribution < -0.4 is 0 Å². The summed E-state index contributed by atoms with van der Waals surface area (Å²) in [5, 5.41) is 15.4. The highest BCUT2D eigenvalue weighted by Gasteiger charge is 2.49. The fourth-order valence-corrected chi connectivity index (χ4v) is 7.82. The zero-order chi connectivity index (χ0) is 30.7. The van der Waals surface area contributed by atoms with Crippen molar-refractivity contribution in [3.8, 4) is 39.1 Å². The molecule has 9 rings (SSSR count). The zero-order valence-corrected chi connectivity index (χ0v) is 25.2. The predicted octanol–water partition coefficient (Wildman–Crippen LogP) is 11.4. The van der Waals surface area contributed by atoms with Crippen molar-refractivity contribution in [1.82, 2.24) is 0 Å². The first-order chi connectivity index (χ1) is 22.7. The second-order valence-electron chi connectivity index (χ2n) is 12.2. The van der Waals surface area contributed by atoms with E-state index in [0.29, 0.717) is 0 Å². The Morgan fingerprint density at radius 2 is 0.761 bits per heavy atom. The maximum absolute atomic E-state index is 10.5. The average Bonchev–Trinajstić information content (AvgIpc) is 3.43. The Bertz CT molecular complexity index is 2290. The van der Waals surface area contributed by atoms with Crippen LogP contribution in [-0.2, 0) is 5.41 Å². The van der Waals surface area contributed by atoms with E-state index in [2.05, 4.69) is 164 Å². The number of phenolic OH excluding ortho intramolecular Hbond substituents is 1. The Hall–Kier alpha value is -5.92. The summed E-state index contributed by atoms with van der Waals surface area (Å²) >= 11 is 0. The van der Waals surface area contributed by atoms with Crippen molar-refractivity contribution in [3.05, 3.63) is 198 Å². The highest BCUT2D eigenvalue weighted by atomic mass is 16.3. The summed E-state index contributed by atoms with van der Waals surface area (Å²) in [5.41, 5.74) is 11.5. The second kappa shape index (κ2) is 10.3. The van der Waals surface area contributed by atoms with Gasteiger partial charge in [-0.3, -0.25) is 0 Å². The molecule has 0 amide bonds. The van der Waals surface area contributed by atoms with Gasteiger partial charge in [0.1, 0.15) is 5.75 Å². The first-order valence-corrected chi connectivity index (χ1v) is 15.8. The summed E-state index contributed by atoms with van der Waals surface area (Å²) in [7, 11) is 0. The summed E-state index contributed by atoms with van der Waals surface area (Å²) in [5.74, 6) is 0.260. The molecular weight excluding hydrogens is 556 g/mol. The first-order valence-electron chi connectivity index (χ1n) is 15.8. The van der Waals surface area contributed by atoms with Crippen LogP contribution in [0.3, 0.4) is 0 Å². The molecular formula is C45H30O. The van der Waals surface area contributed by atoms with Crippen LogP contribution in [0.15, 0.2) is 176 Å². The molecule has 0 unspecified atom stereocenters. The quantitative estimate of drug-likeness (QED) is 0.217. The van der Waals surface area contributed by atoms with E-state index in [1.807, 2.05) is 12.1 Å². The van der Waals surface area contributed by atoms with E-state index in [1.54, 1.807) is 0 Å². The Labute approximate surface area is 268 Å². The molecule has 1 nitrogen and oxygen atoms in total. The van der Waals surface area contributed by atoms with E-state index in [0.717, 1.165) is 5.56 Å². The number of hydrogen-bond acceptors (Lipinski definition) is 1. The van der Waals surface area contributed by atoms with Crippen molar-refractivity contribution in [2.45, 2.75) is 5.41 Å². The van der Waals surface area contributed by atoms with Crippen molar-refractivity contribution in [3.63, 3.8) is 0 Å². The fraction of sp³-hybridized carbons (Fsp3) is 0.0222. The van der Waals surface area contributed by atoms with Gasteiger partial charge >= 0.3 is 0 Å². The summed E-state index contributed by atoms with van der Waals surface area (Å²) in [6.45, 7) is 0. The lowest BCUT2D eigenvalue weighted by atomic mass is 9.64. The van der Waals surface area contributed by atoms with Crippen LogP contribution in [0.1, 0.15) is 22.3 Å². The van der Waals surface area contributed by atoms with Gasteiger partial charge in [0.2, 0.25) is 0 Å². The molecule has 8 aromatic carbocycles. The lowest BCUT2D eigenvalue weighted by molar-refractivity contribution is 0.475. The van der Waals surface area contributed by atoms with E-state index in [4.69, 9.17) is 0 Å². The Balaban J connectivity index is 1.44. The minimum atomic E-state index is -0.649. The number of rotatable bonds is 4. The maximum Gasteiger partial charge on any atom is 0.115 e. The largest absolute Gasteiger partial charge is 0.508 e. The standard InChI is InChI=1S/C45H30O/c46-38-26-24-37(25-27-38)45(36-14-2-1-3-15-36)43-39(34-22-20-30-10-4-6-12-32(30)28-34)16-8-18-41(43)42-19-9-17-40(44(42)45)35-23-21-31-11-5-7-13-33(31)29-35/h1-29,46H. The van der Waals surface area contributed by atoms with E-state index in [-0.39, 0.29) is 5.75 Å². The number of hydrogen-bond donors (Lipinski definition) is 1. The van der Waals surface area contributed by atoms with Gasteiger partial charge in [0.05, 0.1) is 5.41 Å². The van der Waals surface area contributed by atoms with Gasteiger partial charge in [-0.05, 0) is 101 Å². The topological polar surface area (TPSA) is 20.2 Å². The van der Waals surface area contributed by atoms with Gasteiger partial charge in [-0.15, -0.1) is 0 Å². The smallest absolute Gasteiger partial charge is 0.115 e. The number of phenols is 1. The summed E-state index contributed by atoms with van der Waals surface area (Å²) in [6, 6.07) is 63.1. The molecule has 0 aliphatic heterocycles. The zero-order valence-electron chi connectivity index (χ0n) is 25.2. The lowest BCUT2D eigenvalue weighted by Crippen LogP contribution is -2.30. The third-order valence-electron chi connectivity index (χ3n) is 9.80. The molecule has 0 fully saturated rings. The number of aromatic hydroxyl groups is 1. The van der Waals surface area contributed by atoms with Crippen LogP contribution in [0.5, 0.6) is 5.75 Å². The molecule has 0 saturated heterocycles. The summed E-state index contributed by atoms with van der Waals surface area (Å²) in [6.07, 6.45) is 0. The molecule has 46 heavy (non-hydrogen) atoms. The van der Waals surface area contributed by atoms with Gasteiger partial charge in [-0.1, -0.05) is 152 Å². The molecule has 1 aliphatic rings. The minimum Gasteiger partial charge on any atom is -0.508 e. The van der Waals surface area contributed by atoms with E-state index in [1.165, 1.54) is 71.6 Å². The highest BCUT2D eigenvalue weighted by molar-refractivity contribution is 5.99. The van der Waals surface area contributed by atoms with Gasteiger partial charge < -0.3 is 5.11 Å². The summed E-state index contributed by atoms with van der Waals surface area (Å²) < 4.78 is 0. The van der Waals surface area contributed by atoms with Crippen LogP contribution in [0.25, 0.3) is 54.9 Å². The molecule has 0 aromatic heterocycles. The van der Waals surface area contributed by atoms with Gasteiger partial charge in [0.25, 0.3) is 0 Å². The number of fused-ring (bicyclic) bond motifs is 5. The molecule has 0 atom stereocenters. The van der Waals surface area contributed by atoms with Gasteiger partial charge in [0.15, 0.2) is 0 Å². The normalized spacial score (nSPS) is 13.0. The molecule has 8 aromatic rings. The van der Waals surface area contributed by atoms with Crippen LogP contribution in [-0.4, -0.2) is 5.11 Å². The van der Waals surface area contributed by atoms with Gasteiger partial charge in [-0.2, -0.15) is 0 Å². The Kier molecular flexibility index (Phi) is 5.94. The van der Waals surface area contributed by atoms with Crippen LogP contribution in [0, 0.1) is 0 Å². The number of benzene rings is 8. The van der Waals surface area contributed by atoms with E-state index >= 15 is 0 Å². The van der Waals surface area contributed by atoms with Crippen LogP contribution >= 0.6 is 0 Å². The van der Waals surface area contributed by atoms with Crippen molar-refractivity contribution in [2.24, 2.45) is 0 Å². The Morgan fingerprint density at radius 3 is 1.28 bits per heavy atom. The van der Waals surface area contributed by atoms with Crippen molar-refractivity contribution in [2.75, 3.05) is 0 Å². The predicted molar refractivity (Wildman–Crippen MR) is 191 cm³/mol. The third-order valence-corrected chi connectivity index (χ3v) is 9.80. The lowest BCUT2D eigenvalue weighted by Gasteiger charge is -2.36. The molecule has 0 saturated carbocycles. The van der Waals surface area contributed by atoms with E-state index < -0.39 is 5.41 Å². The third kappa shape index (κ3) is 3.89. The van der Waals surface area contributed by atoms with Crippen LogP contribution in [0.2, 0.25) is 0 Å². The molecule has 1 N–H and O–H groups in total. The molecule has 0 heterocycles. The SMILES string of the molecule is Oc1ccc(C2(c3ccccc3)c3c(-c4ccc5ccccc5c4)cccc3-c3cccc(-c4ccc5ccccc5c4)c32)cc1. The molecule has 1 aliphatic carbocycles. The monoisotopic (exact) mass is 586 g/mol. The molecule has 0 spiro atoms. The highest BCUT2D eigenvalue weighted by Crippen LogP contribution is 2.61. The minimum absolute atomic E-state index is 0.260. The second-order valence-corrected chi connectivity index (χ2v) is 12.2. The molecule has 1 heteroatoms. The summed E-state index contributed by atoms with van der Waals surface area (Å²) in [4.78, 5) is 0. The van der Waals surface area contributed by atoms with Gasteiger partial charge in [0, 0.05) is 0 Å². The van der Waals surface area contributed by atoms with Crippen molar-refractivity contribution in [1.29, 1.82) is 0 Å². The van der Waals surface area contributed by atoms with Crippen molar-refractivity contribution < 1.29 is 5.11 Å². The van der Waals surface area contributed by atoms with E-state index in [9.17, 15) is 5.11 Å². The average molecular weight is 587 g/mol. The maximum atomic E-state index is 10.5. The molecule has 216 valence electrons.